The second-order valence-electron chi connectivity index (χ2n) is 4.11. The van der Waals surface area contributed by atoms with Gasteiger partial charge < -0.3 is 50.4 Å². The first-order valence-electron chi connectivity index (χ1n) is 7.45. The molecule has 0 unspecified atom stereocenters. The topological polar surface area (TPSA) is 228 Å². The van der Waals surface area contributed by atoms with Crippen LogP contribution in [0, 0.1) is 0 Å². The van der Waals surface area contributed by atoms with Gasteiger partial charge in [-0.1, -0.05) is 13.2 Å². The third kappa shape index (κ3) is 26.6. The van der Waals surface area contributed by atoms with Crippen LogP contribution >= 0.6 is 0 Å². The van der Waals surface area contributed by atoms with Gasteiger partial charge in [-0.2, -0.15) is 0 Å². The molecule has 171 valence electrons. The number of carbonyl (C=O) groups is 6. The van der Waals surface area contributed by atoms with Gasteiger partial charge in [0.25, 0.3) is 0 Å². The van der Waals surface area contributed by atoms with Gasteiger partial charge in [0, 0.05) is 44.9 Å². The van der Waals surface area contributed by atoms with E-state index in [0.29, 0.717) is 0 Å². The summed E-state index contributed by atoms with van der Waals surface area (Å²) in [4.78, 5) is 62.2. The summed E-state index contributed by atoms with van der Waals surface area (Å²) in [7, 11) is 0. The standard InChI is InChI=1S/2C7H10N2O6.Y/c2*1-2-5(10)14-4-15-7(13)9-3-8-6(11)12;/h2*2,8H,1,3-4H2,(H,9,13)(H,11,12);. The quantitative estimate of drug-likeness (QED) is 0.118. The SMILES string of the molecule is C=CC(=O)OCOC(=O)NCNC(=O)O.C=CC(=O)OCOC(=O)NCNC(=O)O.[Y]. The summed E-state index contributed by atoms with van der Waals surface area (Å²) in [5, 5.41) is 24.1. The molecule has 0 aromatic rings. The molecule has 0 saturated heterocycles. The summed E-state index contributed by atoms with van der Waals surface area (Å²) in [6, 6.07) is 0. The van der Waals surface area contributed by atoms with Crippen molar-refractivity contribution >= 4 is 36.3 Å². The van der Waals surface area contributed by atoms with Crippen LogP contribution < -0.4 is 21.3 Å². The minimum Gasteiger partial charge on any atom is -0.465 e. The molecular formula is C14H20N4O12Y. The number of ether oxygens (including phenoxy) is 4. The van der Waals surface area contributed by atoms with Crippen molar-refractivity contribution in [1.82, 2.24) is 21.3 Å². The van der Waals surface area contributed by atoms with Gasteiger partial charge in [0.05, 0.1) is 13.3 Å². The number of rotatable bonds is 10. The van der Waals surface area contributed by atoms with Crippen LogP contribution in [-0.4, -0.2) is 73.4 Å². The summed E-state index contributed by atoms with van der Waals surface area (Å²) in [6.07, 6.45) is -2.58. The summed E-state index contributed by atoms with van der Waals surface area (Å²) in [6.45, 7) is 4.51. The predicted molar refractivity (Wildman–Crippen MR) is 93.6 cm³/mol. The Labute approximate surface area is 200 Å². The van der Waals surface area contributed by atoms with Gasteiger partial charge in [-0.15, -0.1) is 0 Å². The monoisotopic (exact) mass is 525 g/mol. The normalized spacial score (nSPS) is 8.26. The van der Waals surface area contributed by atoms with Crippen LogP contribution in [0.25, 0.3) is 0 Å². The van der Waals surface area contributed by atoms with Crippen molar-refractivity contribution in [1.29, 1.82) is 0 Å². The number of hydrogen-bond donors (Lipinski definition) is 6. The molecule has 0 rings (SSSR count). The maximum Gasteiger partial charge on any atom is 0.411 e. The van der Waals surface area contributed by atoms with Gasteiger partial charge in [-0.05, 0) is 0 Å². The Bertz CT molecular complexity index is 589. The Kier molecular flexibility index (Phi) is 22.2. The largest absolute Gasteiger partial charge is 0.465 e. The van der Waals surface area contributed by atoms with Gasteiger partial charge in [-0.3, -0.25) is 0 Å². The summed E-state index contributed by atoms with van der Waals surface area (Å²) in [5.74, 6) is -1.46. The average molecular weight is 525 g/mol. The molecule has 0 aliphatic carbocycles. The number of amides is 4. The fourth-order valence-corrected chi connectivity index (χ4v) is 0.886. The molecule has 0 fully saturated rings. The molecule has 0 saturated carbocycles. The van der Waals surface area contributed by atoms with E-state index >= 15 is 0 Å². The van der Waals surface area contributed by atoms with Crippen molar-refractivity contribution in [2.75, 3.05) is 26.9 Å². The second-order valence-corrected chi connectivity index (χ2v) is 4.11. The fraction of sp³-hybridized carbons (Fsp3) is 0.286. The second kappa shape index (κ2) is 21.3. The predicted octanol–water partition coefficient (Wildman–Crippen LogP) is -0.754. The van der Waals surface area contributed by atoms with Crippen molar-refractivity contribution in [3.8, 4) is 0 Å². The third-order valence-corrected chi connectivity index (χ3v) is 2.06. The van der Waals surface area contributed by atoms with Crippen LogP contribution in [0.2, 0.25) is 0 Å². The van der Waals surface area contributed by atoms with E-state index in [2.05, 4.69) is 32.1 Å². The molecule has 16 nitrogen and oxygen atoms in total. The Morgan fingerprint density at radius 3 is 1.23 bits per heavy atom. The van der Waals surface area contributed by atoms with Crippen molar-refractivity contribution in [3.63, 3.8) is 0 Å². The Morgan fingerprint density at radius 2 is 0.968 bits per heavy atom. The van der Waals surface area contributed by atoms with Crippen LogP contribution in [0.1, 0.15) is 0 Å². The molecule has 0 aliphatic heterocycles. The van der Waals surface area contributed by atoms with Crippen LogP contribution in [0.4, 0.5) is 19.2 Å². The molecule has 0 bridgehead atoms. The molecule has 0 aromatic carbocycles. The number of hydrogen-bond acceptors (Lipinski definition) is 10. The van der Waals surface area contributed by atoms with Crippen LogP contribution in [0.15, 0.2) is 25.3 Å². The van der Waals surface area contributed by atoms with Gasteiger partial charge >= 0.3 is 36.3 Å². The number of carboxylic acid groups (broad SMARTS) is 2. The Balaban J connectivity index is -0.000000490. The molecule has 0 atom stereocenters. The maximum atomic E-state index is 10.7. The zero-order valence-electron chi connectivity index (χ0n) is 16.0. The summed E-state index contributed by atoms with van der Waals surface area (Å²) >= 11 is 0. The number of esters is 2. The molecule has 0 spiro atoms. The van der Waals surface area contributed by atoms with E-state index in [1.807, 2.05) is 21.3 Å². The molecule has 0 aliphatic rings. The van der Waals surface area contributed by atoms with Crippen LogP contribution in [0.3, 0.4) is 0 Å². The van der Waals surface area contributed by atoms with E-state index in [9.17, 15) is 28.8 Å². The van der Waals surface area contributed by atoms with E-state index in [4.69, 9.17) is 10.2 Å². The van der Waals surface area contributed by atoms with E-state index in [-0.39, 0.29) is 46.0 Å². The van der Waals surface area contributed by atoms with Gasteiger partial charge in [0.15, 0.2) is 0 Å². The smallest absolute Gasteiger partial charge is 0.411 e. The minimum atomic E-state index is -1.28. The van der Waals surface area contributed by atoms with E-state index in [0.717, 1.165) is 12.2 Å². The van der Waals surface area contributed by atoms with Crippen molar-refractivity contribution in [2.45, 2.75) is 0 Å². The van der Waals surface area contributed by atoms with E-state index in [1.165, 1.54) is 0 Å². The maximum absolute atomic E-state index is 10.7. The number of nitrogens with one attached hydrogen (secondary N) is 4. The molecule has 6 N–H and O–H groups in total. The Hall–Kier alpha value is -3.40. The number of alkyl carbamates (subject to hydrolysis) is 2. The average Bonchev–Trinajstić information content (AvgIpc) is 2.67. The molecular weight excluding hydrogens is 505 g/mol. The van der Waals surface area contributed by atoms with Gasteiger partial charge in [0.1, 0.15) is 0 Å². The zero-order valence-corrected chi connectivity index (χ0v) is 18.8. The van der Waals surface area contributed by atoms with Crippen LogP contribution in [-0.2, 0) is 61.2 Å². The Morgan fingerprint density at radius 1 is 0.645 bits per heavy atom. The fourth-order valence-electron chi connectivity index (χ4n) is 0.886. The van der Waals surface area contributed by atoms with Crippen molar-refractivity contribution in [3.05, 3.63) is 25.3 Å². The van der Waals surface area contributed by atoms with E-state index < -0.39 is 49.9 Å². The van der Waals surface area contributed by atoms with Gasteiger partial charge in [-0.25, -0.2) is 28.8 Å². The minimum absolute atomic E-state index is 0. The van der Waals surface area contributed by atoms with Gasteiger partial charge in [0.2, 0.25) is 13.6 Å². The molecule has 31 heavy (non-hydrogen) atoms. The van der Waals surface area contributed by atoms with E-state index in [1.54, 1.807) is 0 Å². The first-order valence-corrected chi connectivity index (χ1v) is 7.45. The molecule has 0 heterocycles. The van der Waals surface area contributed by atoms with Crippen molar-refractivity contribution < 1.29 is 90.6 Å². The molecule has 17 heteroatoms. The first-order chi connectivity index (χ1) is 14.1. The van der Waals surface area contributed by atoms with Crippen molar-refractivity contribution in [2.24, 2.45) is 0 Å². The summed E-state index contributed by atoms with van der Waals surface area (Å²) in [5.41, 5.74) is 0. The zero-order chi connectivity index (χ0) is 23.4. The first kappa shape index (κ1) is 32.3. The molecule has 0 aromatic heterocycles. The molecule has 4 amide bonds. The third-order valence-electron chi connectivity index (χ3n) is 2.06. The number of carbonyl (C=O) groups excluding carboxylic acids is 4. The summed E-state index contributed by atoms with van der Waals surface area (Å²) < 4.78 is 17.3. The molecule has 1 radical (unpaired) electrons. The van der Waals surface area contributed by atoms with Crippen LogP contribution in [0.5, 0.6) is 0 Å².